The summed E-state index contributed by atoms with van der Waals surface area (Å²) in [5.41, 5.74) is 2.43. The van der Waals surface area contributed by atoms with Gasteiger partial charge in [0.2, 0.25) is 0 Å². The minimum Gasteiger partial charge on any atom is -0.378 e. The first-order valence-electron chi connectivity index (χ1n) is 5.71. The summed E-state index contributed by atoms with van der Waals surface area (Å²) in [7, 11) is 0. The SMILES string of the molecule is O=C1Nc2cc(N3CCOCC3)ccc2C1O. The molecule has 0 saturated carbocycles. The van der Waals surface area contributed by atoms with Crippen LogP contribution in [0.2, 0.25) is 0 Å². The van der Waals surface area contributed by atoms with Gasteiger partial charge in [-0.3, -0.25) is 4.79 Å². The van der Waals surface area contributed by atoms with Crippen molar-refractivity contribution < 1.29 is 14.6 Å². The summed E-state index contributed by atoms with van der Waals surface area (Å²) >= 11 is 0. The van der Waals surface area contributed by atoms with Crippen LogP contribution in [0.1, 0.15) is 11.7 Å². The number of nitrogens with one attached hydrogen (secondary N) is 1. The number of hydrogen-bond acceptors (Lipinski definition) is 4. The maximum atomic E-state index is 11.3. The summed E-state index contributed by atoms with van der Waals surface area (Å²) in [6, 6.07) is 5.66. The Morgan fingerprint density at radius 3 is 2.88 bits per heavy atom. The lowest BCUT2D eigenvalue weighted by molar-refractivity contribution is -0.123. The van der Waals surface area contributed by atoms with Crippen molar-refractivity contribution in [1.29, 1.82) is 0 Å². The molecule has 5 nitrogen and oxygen atoms in total. The lowest BCUT2D eigenvalue weighted by Crippen LogP contribution is -2.36. The van der Waals surface area contributed by atoms with E-state index in [1.165, 1.54) is 0 Å². The molecule has 0 aliphatic carbocycles. The monoisotopic (exact) mass is 234 g/mol. The Morgan fingerprint density at radius 2 is 2.12 bits per heavy atom. The standard InChI is InChI=1S/C12H14N2O3/c15-11-9-2-1-8(7-10(9)13-12(11)16)14-3-5-17-6-4-14/h1-2,7,11,15H,3-6H2,(H,13,16). The number of anilines is 2. The average Bonchev–Trinajstić information content (AvgIpc) is 2.66. The zero-order chi connectivity index (χ0) is 11.8. The van der Waals surface area contributed by atoms with Crippen LogP contribution in [0.4, 0.5) is 11.4 Å². The zero-order valence-electron chi connectivity index (χ0n) is 9.35. The van der Waals surface area contributed by atoms with E-state index in [2.05, 4.69) is 10.2 Å². The number of morpholine rings is 1. The lowest BCUT2D eigenvalue weighted by atomic mass is 10.1. The van der Waals surface area contributed by atoms with Crippen LogP contribution in [0.3, 0.4) is 0 Å². The van der Waals surface area contributed by atoms with Gasteiger partial charge in [-0.15, -0.1) is 0 Å². The lowest BCUT2D eigenvalue weighted by Gasteiger charge is -2.29. The van der Waals surface area contributed by atoms with Crippen LogP contribution >= 0.6 is 0 Å². The predicted octanol–water partition coefficient (Wildman–Crippen LogP) is 0.509. The molecule has 0 radical (unpaired) electrons. The maximum absolute atomic E-state index is 11.3. The van der Waals surface area contributed by atoms with Gasteiger partial charge < -0.3 is 20.1 Å². The molecule has 3 rings (SSSR count). The normalized spacial score (nSPS) is 23.5. The van der Waals surface area contributed by atoms with Gasteiger partial charge in [-0.05, 0) is 12.1 Å². The second-order valence-corrected chi connectivity index (χ2v) is 4.26. The van der Waals surface area contributed by atoms with Crippen LogP contribution in [-0.4, -0.2) is 37.3 Å². The van der Waals surface area contributed by atoms with E-state index in [0.29, 0.717) is 11.3 Å². The van der Waals surface area contributed by atoms with Crippen LogP contribution in [-0.2, 0) is 9.53 Å². The number of nitrogens with zero attached hydrogens (tertiary/aromatic N) is 1. The minimum atomic E-state index is -1.02. The molecule has 1 fully saturated rings. The molecule has 17 heavy (non-hydrogen) atoms. The summed E-state index contributed by atoms with van der Waals surface area (Å²) in [5, 5.41) is 12.3. The number of amides is 1. The highest BCUT2D eigenvalue weighted by atomic mass is 16.5. The topological polar surface area (TPSA) is 61.8 Å². The van der Waals surface area contributed by atoms with Crippen molar-refractivity contribution >= 4 is 17.3 Å². The molecule has 1 unspecified atom stereocenters. The van der Waals surface area contributed by atoms with Gasteiger partial charge in [0.1, 0.15) is 0 Å². The van der Waals surface area contributed by atoms with Gasteiger partial charge in [0.15, 0.2) is 6.10 Å². The van der Waals surface area contributed by atoms with Gasteiger partial charge in [-0.1, -0.05) is 6.07 Å². The number of benzene rings is 1. The fourth-order valence-electron chi connectivity index (χ4n) is 2.25. The first-order valence-corrected chi connectivity index (χ1v) is 5.71. The highest BCUT2D eigenvalue weighted by Gasteiger charge is 2.28. The Hall–Kier alpha value is -1.59. The van der Waals surface area contributed by atoms with Crippen molar-refractivity contribution in [1.82, 2.24) is 0 Å². The van der Waals surface area contributed by atoms with Gasteiger partial charge in [-0.25, -0.2) is 0 Å². The van der Waals surface area contributed by atoms with Crippen LogP contribution in [0.25, 0.3) is 0 Å². The Labute approximate surface area is 99.0 Å². The Balaban J connectivity index is 1.89. The highest BCUT2D eigenvalue weighted by Crippen LogP contribution is 2.33. The van der Waals surface area contributed by atoms with Crippen LogP contribution in [0, 0.1) is 0 Å². The van der Waals surface area contributed by atoms with E-state index in [-0.39, 0.29) is 5.91 Å². The van der Waals surface area contributed by atoms with E-state index in [4.69, 9.17) is 4.74 Å². The molecule has 1 aromatic rings. The second-order valence-electron chi connectivity index (χ2n) is 4.26. The number of aliphatic hydroxyl groups is 1. The van der Waals surface area contributed by atoms with Gasteiger partial charge in [-0.2, -0.15) is 0 Å². The molecule has 2 aliphatic heterocycles. The Bertz CT molecular complexity index is 455. The van der Waals surface area contributed by atoms with Crippen molar-refractivity contribution in [3.63, 3.8) is 0 Å². The van der Waals surface area contributed by atoms with Crippen LogP contribution < -0.4 is 10.2 Å². The van der Waals surface area contributed by atoms with Gasteiger partial charge in [0.05, 0.1) is 13.2 Å². The molecule has 2 aliphatic rings. The summed E-state index contributed by atoms with van der Waals surface area (Å²) in [5.74, 6) is -0.348. The molecule has 1 amide bonds. The van der Waals surface area contributed by atoms with E-state index in [0.717, 1.165) is 32.0 Å². The van der Waals surface area contributed by atoms with Crippen molar-refractivity contribution in [2.75, 3.05) is 36.5 Å². The average molecular weight is 234 g/mol. The van der Waals surface area contributed by atoms with Gasteiger partial charge >= 0.3 is 0 Å². The molecule has 5 heteroatoms. The maximum Gasteiger partial charge on any atom is 0.257 e. The molecule has 1 saturated heterocycles. The third kappa shape index (κ3) is 1.77. The number of aliphatic hydroxyl groups excluding tert-OH is 1. The number of carbonyl (C=O) groups excluding carboxylic acids is 1. The smallest absolute Gasteiger partial charge is 0.257 e. The second kappa shape index (κ2) is 4.01. The van der Waals surface area contributed by atoms with E-state index in [1.54, 1.807) is 0 Å². The van der Waals surface area contributed by atoms with E-state index < -0.39 is 6.10 Å². The number of rotatable bonds is 1. The first-order chi connectivity index (χ1) is 8.25. The molecule has 0 spiro atoms. The van der Waals surface area contributed by atoms with Crippen molar-refractivity contribution in [3.8, 4) is 0 Å². The Morgan fingerprint density at radius 1 is 1.35 bits per heavy atom. The van der Waals surface area contributed by atoms with Crippen LogP contribution in [0.15, 0.2) is 18.2 Å². The van der Waals surface area contributed by atoms with Crippen LogP contribution in [0.5, 0.6) is 0 Å². The van der Waals surface area contributed by atoms with Crippen molar-refractivity contribution in [2.24, 2.45) is 0 Å². The number of hydrogen-bond donors (Lipinski definition) is 2. The molecule has 1 atom stereocenters. The Kier molecular flexibility index (Phi) is 2.49. The van der Waals surface area contributed by atoms with Crippen molar-refractivity contribution in [3.05, 3.63) is 23.8 Å². The van der Waals surface area contributed by atoms with E-state index >= 15 is 0 Å². The third-order valence-electron chi connectivity index (χ3n) is 3.21. The van der Waals surface area contributed by atoms with Gasteiger partial charge in [0.25, 0.3) is 5.91 Å². The molecule has 2 N–H and O–H groups in total. The zero-order valence-corrected chi connectivity index (χ0v) is 9.35. The summed E-state index contributed by atoms with van der Waals surface area (Å²) < 4.78 is 5.30. The molecule has 1 aromatic carbocycles. The number of fused-ring (bicyclic) bond motifs is 1. The quantitative estimate of drug-likeness (QED) is 0.743. The van der Waals surface area contributed by atoms with E-state index in [1.807, 2.05) is 18.2 Å². The highest BCUT2D eigenvalue weighted by molar-refractivity contribution is 6.02. The minimum absolute atomic E-state index is 0.348. The third-order valence-corrected chi connectivity index (χ3v) is 3.21. The van der Waals surface area contributed by atoms with E-state index in [9.17, 15) is 9.90 Å². The first kappa shape index (κ1) is 10.6. The molecular formula is C12H14N2O3. The molecule has 2 heterocycles. The predicted molar refractivity (Wildman–Crippen MR) is 63.1 cm³/mol. The van der Waals surface area contributed by atoms with Gasteiger partial charge in [0, 0.05) is 30.0 Å². The fourth-order valence-corrected chi connectivity index (χ4v) is 2.25. The van der Waals surface area contributed by atoms with Crippen molar-refractivity contribution in [2.45, 2.75) is 6.10 Å². The summed E-state index contributed by atoms with van der Waals surface area (Å²) in [6.07, 6.45) is -1.02. The summed E-state index contributed by atoms with van der Waals surface area (Å²) in [6.45, 7) is 3.17. The molecule has 0 aromatic heterocycles. The molecule has 0 bridgehead atoms. The number of carbonyl (C=O) groups is 1. The molecule has 90 valence electrons. The fraction of sp³-hybridized carbons (Fsp3) is 0.417. The molecular weight excluding hydrogens is 220 g/mol. The summed E-state index contributed by atoms with van der Waals surface area (Å²) in [4.78, 5) is 13.5. The largest absolute Gasteiger partial charge is 0.378 e. The number of ether oxygens (including phenoxy) is 1.